The van der Waals surface area contributed by atoms with E-state index in [-0.39, 0.29) is 23.4 Å². The number of carbonyl (C=O) groups is 3. The van der Waals surface area contributed by atoms with Gasteiger partial charge < -0.3 is 11.1 Å². The highest BCUT2D eigenvalue weighted by atomic mass is 32.1. The van der Waals surface area contributed by atoms with Gasteiger partial charge in [-0.05, 0) is 11.6 Å². The van der Waals surface area contributed by atoms with Crippen LogP contribution in [0.25, 0.3) is 11.3 Å². The third kappa shape index (κ3) is 4.48. The molecular weight excluding hydrogens is 392 g/mol. The van der Waals surface area contributed by atoms with Crippen molar-refractivity contribution in [3.8, 4) is 17.3 Å². The van der Waals surface area contributed by atoms with Crippen molar-refractivity contribution in [2.75, 3.05) is 0 Å². The molecule has 3 rings (SSSR count). The molecule has 1 unspecified atom stereocenters. The normalized spacial score (nSPS) is 11.3. The second-order valence-electron chi connectivity index (χ2n) is 5.94. The lowest BCUT2D eigenvalue weighted by molar-refractivity contribution is -0.137. The van der Waals surface area contributed by atoms with Crippen molar-refractivity contribution in [3.63, 3.8) is 0 Å². The van der Waals surface area contributed by atoms with E-state index in [0.29, 0.717) is 5.56 Å². The molecule has 3 aromatic rings. The maximum atomic E-state index is 12.8. The Bertz CT molecular complexity index is 1110. The van der Waals surface area contributed by atoms with E-state index in [9.17, 15) is 19.6 Å². The number of Topliss-reactive ketones (excluding diaryl/α,β-unsaturated/α-hetero) is 1. The maximum absolute atomic E-state index is 12.8. The number of amides is 2. The van der Waals surface area contributed by atoms with Crippen LogP contribution in [0.15, 0.2) is 48.8 Å². The molecule has 0 saturated heterocycles. The Hall–Kier alpha value is -3.97. The molecule has 1 atom stereocenters. The zero-order chi connectivity index (χ0) is 20.8. The average Bonchev–Trinajstić information content (AvgIpc) is 3.23. The lowest BCUT2D eigenvalue weighted by Crippen LogP contribution is -2.47. The molecule has 9 nitrogen and oxygen atoms in total. The third-order valence-corrected chi connectivity index (χ3v) is 4.58. The summed E-state index contributed by atoms with van der Waals surface area (Å²) < 4.78 is 8.10. The number of nitriles is 1. The van der Waals surface area contributed by atoms with Gasteiger partial charge in [0.25, 0.3) is 11.8 Å². The number of primary amides is 1. The van der Waals surface area contributed by atoms with Crippen LogP contribution >= 0.6 is 11.7 Å². The van der Waals surface area contributed by atoms with Crippen molar-refractivity contribution >= 4 is 29.3 Å². The second kappa shape index (κ2) is 8.81. The third-order valence-electron chi connectivity index (χ3n) is 4.05. The monoisotopic (exact) mass is 406 g/mol. The smallest absolute Gasteiger partial charge is 0.287 e. The van der Waals surface area contributed by atoms with E-state index in [2.05, 4.69) is 19.0 Å². The van der Waals surface area contributed by atoms with Gasteiger partial charge in [0.1, 0.15) is 17.8 Å². The first-order valence-corrected chi connectivity index (χ1v) is 9.09. The largest absolute Gasteiger partial charge is 0.363 e. The fourth-order valence-corrected chi connectivity index (χ4v) is 3.22. The van der Waals surface area contributed by atoms with Crippen LogP contribution in [0, 0.1) is 11.3 Å². The molecular formula is C19H14N6O3S. The topological polar surface area (TPSA) is 152 Å². The summed E-state index contributed by atoms with van der Waals surface area (Å²) in [5.74, 6) is -2.78. The highest BCUT2D eigenvalue weighted by Gasteiger charge is 2.28. The molecule has 2 heterocycles. The van der Waals surface area contributed by atoms with Crippen molar-refractivity contribution in [3.05, 3.63) is 65.6 Å². The van der Waals surface area contributed by atoms with E-state index in [4.69, 9.17) is 5.73 Å². The number of hydrogen-bond acceptors (Lipinski definition) is 8. The van der Waals surface area contributed by atoms with Gasteiger partial charge in [-0.3, -0.25) is 19.4 Å². The number of aromatic nitrogens is 3. The van der Waals surface area contributed by atoms with E-state index in [1.165, 1.54) is 12.4 Å². The van der Waals surface area contributed by atoms with Gasteiger partial charge in [0.2, 0.25) is 5.78 Å². The molecule has 144 valence electrons. The van der Waals surface area contributed by atoms with Crippen LogP contribution < -0.4 is 11.1 Å². The standard InChI is InChI=1S/C19H14N6O3S/c20-9-12-10-22-7-6-13(12)15-16(25-29-24-15)19(28)23-14(17(26)18(21)27)8-11-4-2-1-3-5-11/h1-7,10,14H,8H2,(H2,21,27)(H,23,28). The van der Waals surface area contributed by atoms with Crippen LogP contribution in [-0.2, 0) is 16.0 Å². The summed E-state index contributed by atoms with van der Waals surface area (Å²) in [6.07, 6.45) is 2.90. The van der Waals surface area contributed by atoms with Crippen molar-refractivity contribution < 1.29 is 14.4 Å². The molecule has 29 heavy (non-hydrogen) atoms. The zero-order valence-corrected chi connectivity index (χ0v) is 15.7. The van der Waals surface area contributed by atoms with Crippen molar-refractivity contribution in [1.82, 2.24) is 19.0 Å². The number of nitrogens with one attached hydrogen (secondary N) is 1. The zero-order valence-electron chi connectivity index (χ0n) is 14.9. The summed E-state index contributed by atoms with van der Waals surface area (Å²) >= 11 is 0.787. The molecule has 0 saturated carbocycles. The lowest BCUT2D eigenvalue weighted by atomic mass is 10.0. The summed E-state index contributed by atoms with van der Waals surface area (Å²) in [6, 6.07) is 11.3. The Morgan fingerprint density at radius 3 is 2.62 bits per heavy atom. The maximum Gasteiger partial charge on any atom is 0.287 e. The summed E-state index contributed by atoms with van der Waals surface area (Å²) in [5, 5.41) is 11.8. The fraction of sp³-hybridized carbons (Fsp3) is 0.105. The highest BCUT2D eigenvalue weighted by molar-refractivity contribution is 6.99. The molecule has 0 radical (unpaired) electrons. The van der Waals surface area contributed by atoms with E-state index in [1.54, 1.807) is 30.3 Å². The minimum atomic E-state index is -1.16. The Morgan fingerprint density at radius 1 is 1.17 bits per heavy atom. The second-order valence-corrected chi connectivity index (χ2v) is 6.47. The van der Waals surface area contributed by atoms with E-state index < -0.39 is 23.6 Å². The average molecular weight is 406 g/mol. The van der Waals surface area contributed by atoms with Gasteiger partial charge in [0.15, 0.2) is 5.69 Å². The predicted molar refractivity (Wildman–Crippen MR) is 103 cm³/mol. The summed E-state index contributed by atoms with van der Waals surface area (Å²) in [5.41, 5.74) is 6.62. The lowest BCUT2D eigenvalue weighted by Gasteiger charge is -2.16. The van der Waals surface area contributed by atoms with Gasteiger partial charge in [-0.15, -0.1) is 0 Å². The molecule has 1 aromatic carbocycles. The molecule has 0 fully saturated rings. The predicted octanol–water partition coefficient (Wildman–Crippen LogP) is 0.867. The number of pyridine rings is 1. The van der Waals surface area contributed by atoms with Gasteiger partial charge in [-0.25, -0.2) is 0 Å². The number of nitrogens with two attached hydrogens (primary N) is 1. The highest BCUT2D eigenvalue weighted by Crippen LogP contribution is 2.24. The molecule has 0 aliphatic carbocycles. The molecule has 2 amide bonds. The van der Waals surface area contributed by atoms with Crippen LogP contribution in [-0.4, -0.2) is 37.4 Å². The van der Waals surface area contributed by atoms with Gasteiger partial charge in [-0.2, -0.15) is 14.0 Å². The van der Waals surface area contributed by atoms with Crippen LogP contribution in [0.2, 0.25) is 0 Å². The fourth-order valence-electron chi connectivity index (χ4n) is 2.66. The summed E-state index contributed by atoms with van der Waals surface area (Å²) in [7, 11) is 0. The van der Waals surface area contributed by atoms with Crippen molar-refractivity contribution in [2.45, 2.75) is 12.5 Å². The Balaban J connectivity index is 1.89. The minimum absolute atomic E-state index is 0.0620. The van der Waals surface area contributed by atoms with Gasteiger partial charge in [0, 0.05) is 24.4 Å². The van der Waals surface area contributed by atoms with E-state index >= 15 is 0 Å². The molecule has 2 aromatic heterocycles. The molecule has 0 aliphatic rings. The summed E-state index contributed by atoms with van der Waals surface area (Å²) in [6.45, 7) is 0. The molecule has 3 N–H and O–H groups in total. The Labute approximate surface area is 169 Å². The summed E-state index contributed by atoms with van der Waals surface area (Å²) in [4.78, 5) is 40.3. The Morgan fingerprint density at radius 2 is 1.93 bits per heavy atom. The first-order chi connectivity index (χ1) is 14.0. The number of carbonyl (C=O) groups excluding carboxylic acids is 3. The quantitative estimate of drug-likeness (QED) is 0.552. The number of ketones is 1. The van der Waals surface area contributed by atoms with E-state index in [0.717, 1.165) is 17.3 Å². The number of nitrogens with zero attached hydrogens (tertiary/aromatic N) is 4. The van der Waals surface area contributed by atoms with Crippen LogP contribution in [0.4, 0.5) is 0 Å². The van der Waals surface area contributed by atoms with Crippen LogP contribution in [0.1, 0.15) is 21.6 Å². The van der Waals surface area contributed by atoms with Gasteiger partial charge in [-0.1, -0.05) is 30.3 Å². The SMILES string of the molecule is N#Cc1cnccc1-c1nsnc1C(=O)NC(Cc1ccccc1)C(=O)C(N)=O. The molecule has 10 heteroatoms. The van der Waals surface area contributed by atoms with Gasteiger partial charge >= 0.3 is 0 Å². The van der Waals surface area contributed by atoms with Crippen LogP contribution in [0.3, 0.4) is 0 Å². The first kappa shape index (κ1) is 19.8. The minimum Gasteiger partial charge on any atom is -0.363 e. The molecule has 0 aliphatic heterocycles. The van der Waals surface area contributed by atoms with Crippen molar-refractivity contribution in [2.24, 2.45) is 5.73 Å². The van der Waals surface area contributed by atoms with Crippen LogP contribution in [0.5, 0.6) is 0 Å². The first-order valence-electron chi connectivity index (χ1n) is 8.36. The Kier molecular flexibility index (Phi) is 6.01. The van der Waals surface area contributed by atoms with Crippen molar-refractivity contribution in [1.29, 1.82) is 5.26 Å². The number of benzene rings is 1. The molecule has 0 spiro atoms. The number of rotatable bonds is 7. The number of hydrogen-bond donors (Lipinski definition) is 2. The van der Waals surface area contributed by atoms with E-state index in [1.807, 2.05) is 12.1 Å². The molecule has 0 bridgehead atoms. The van der Waals surface area contributed by atoms with Gasteiger partial charge in [0.05, 0.1) is 17.3 Å².